The summed E-state index contributed by atoms with van der Waals surface area (Å²) in [6, 6.07) is 0.142. The van der Waals surface area contributed by atoms with Crippen molar-refractivity contribution in [1.29, 1.82) is 0 Å². The zero-order valence-corrected chi connectivity index (χ0v) is 8.30. The van der Waals surface area contributed by atoms with Crippen LogP contribution in [0.25, 0.3) is 0 Å². The molecule has 1 unspecified atom stereocenters. The summed E-state index contributed by atoms with van der Waals surface area (Å²) in [6.45, 7) is 0. The lowest BCUT2D eigenvalue weighted by Gasteiger charge is -2.06. The monoisotopic (exact) mass is 273 g/mol. The molecule has 0 aromatic carbocycles. The summed E-state index contributed by atoms with van der Waals surface area (Å²) in [6.07, 6.45) is 8.49. The van der Waals surface area contributed by atoms with Gasteiger partial charge < -0.3 is 0 Å². The Morgan fingerprint density at radius 1 is 1.67 bits per heavy atom. The largest absolute Gasteiger partial charge is 0.363 e. The molecule has 1 atom stereocenters. The number of hydrogen-bond acceptors (Lipinski definition) is 2. The van der Waals surface area contributed by atoms with E-state index in [1.807, 2.05) is 22.9 Å². The zero-order valence-electron chi connectivity index (χ0n) is 6.14. The lowest BCUT2D eigenvalue weighted by atomic mass is 10.2. The van der Waals surface area contributed by atoms with Gasteiger partial charge in [0.1, 0.15) is 6.20 Å². The first kappa shape index (κ1) is 7.85. The number of amidine groups is 1. The summed E-state index contributed by atoms with van der Waals surface area (Å²) in [5.41, 5.74) is 0. The van der Waals surface area contributed by atoms with Crippen LogP contribution in [0.15, 0.2) is 26.9 Å². The van der Waals surface area contributed by atoms with Crippen LogP contribution in [0.3, 0.4) is 0 Å². The van der Waals surface area contributed by atoms with Gasteiger partial charge in [0.15, 0.2) is 12.3 Å². The van der Waals surface area contributed by atoms with E-state index in [0.717, 1.165) is 9.87 Å². The van der Waals surface area contributed by atoms with Gasteiger partial charge in [-0.1, -0.05) is 0 Å². The van der Waals surface area contributed by atoms with Gasteiger partial charge in [-0.15, -0.1) is 0 Å². The molecular formula is C8H6IN2O+. The molecular weight excluding hydrogens is 267 g/mol. The van der Waals surface area contributed by atoms with Gasteiger partial charge in [-0.25, -0.2) is 4.58 Å². The van der Waals surface area contributed by atoms with E-state index in [2.05, 4.69) is 27.6 Å². The molecule has 0 N–H and O–H groups in total. The fraction of sp³-hybridized carbons (Fsp3) is 0.125. The van der Waals surface area contributed by atoms with E-state index in [4.69, 9.17) is 0 Å². The van der Waals surface area contributed by atoms with Crippen LogP contribution >= 0.6 is 22.6 Å². The number of nitrogens with zero attached hydrogens (tertiary/aromatic N) is 2. The Kier molecular flexibility index (Phi) is 1.92. The molecule has 0 aliphatic carbocycles. The van der Waals surface area contributed by atoms with E-state index >= 15 is 0 Å². The standard InChI is InChI=1S/C8H6IN2O/c9-6-1-2-7-3-10-8(5-12)11(7)4-6/h1-5,7H/q+1. The quantitative estimate of drug-likeness (QED) is 0.397. The molecule has 2 aliphatic heterocycles. The van der Waals surface area contributed by atoms with E-state index in [1.54, 1.807) is 6.21 Å². The molecule has 0 saturated carbocycles. The summed E-state index contributed by atoms with van der Waals surface area (Å²) in [4.78, 5) is 14.5. The highest BCUT2D eigenvalue weighted by molar-refractivity contribution is 14.1. The van der Waals surface area contributed by atoms with E-state index in [1.165, 1.54) is 0 Å². The van der Waals surface area contributed by atoms with Crippen LogP contribution in [0, 0.1) is 0 Å². The van der Waals surface area contributed by atoms with Crippen LogP contribution in [0.4, 0.5) is 0 Å². The first-order valence-electron chi connectivity index (χ1n) is 3.51. The van der Waals surface area contributed by atoms with Crippen LogP contribution in [0.2, 0.25) is 0 Å². The van der Waals surface area contributed by atoms with Crippen molar-refractivity contribution in [1.82, 2.24) is 0 Å². The summed E-state index contributed by atoms with van der Waals surface area (Å²) < 4.78 is 2.96. The molecule has 0 bridgehead atoms. The highest BCUT2D eigenvalue weighted by Gasteiger charge is 2.27. The molecule has 0 radical (unpaired) electrons. The molecule has 0 spiro atoms. The van der Waals surface area contributed by atoms with E-state index in [0.29, 0.717) is 5.84 Å². The van der Waals surface area contributed by atoms with Crippen LogP contribution in [0.5, 0.6) is 0 Å². The van der Waals surface area contributed by atoms with Gasteiger partial charge in [0.2, 0.25) is 6.29 Å². The predicted octanol–water partition coefficient (Wildman–Crippen LogP) is 0.896. The first-order valence-corrected chi connectivity index (χ1v) is 4.59. The van der Waals surface area contributed by atoms with Crippen LogP contribution in [-0.2, 0) is 4.79 Å². The molecule has 12 heavy (non-hydrogen) atoms. The third kappa shape index (κ3) is 1.16. The number of hydrogen-bond donors (Lipinski definition) is 0. The van der Waals surface area contributed by atoms with Crippen molar-refractivity contribution in [2.24, 2.45) is 4.99 Å². The van der Waals surface area contributed by atoms with Crippen molar-refractivity contribution in [2.45, 2.75) is 6.04 Å². The minimum absolute atomic E-state index is 0.142. The maximum atomic E-state index is 10.5. The second-order valence-corrected chi connectivity index (χ2v) is 3.77. The van der Waals surface area contributed by atoms with Crippen molar-refractivity contribution >= 4 is 40.9 Å². The second-order valence-electron chi connectivity index (χ2n) is 2.53. The van der Waals surface area contributed by atoms with Gasteiger partial charge in [0.25, 0.3) is 0 Å². The molecule has 2 rings (SSSR count). The number of rotatable bonds is 1. The molecule has 0 aromatic heterocycles. The molecule has 0 fully saturated rings. The van der Waals surface area contributed by atoms with Crippen LogP contribution < -0.4 is 0 Å². The molecule has 3 nitrogen and oxygen atoms in total. The van der Waals surface area contributed by atoms with E-state index < -0.39 is 0 Å². The average Bonchev–Trinajstić information content (AvgIpc) is 2.46. The summed E-state index contributed by atoms with van der Waals surface area (Å²) in [5.74, 6) is 0.485. The van der Waals surface area contributed by atoms with Crippen LogP contribution in [0.1, 0.15) is 0 Å². The second kappa shape index (κ2) is 2.93. The number of allylic oxidation sites excluding steroid dienone is 2. The van der Waals surface area contributed by atoms with Gasteiger partial charge >= 0.3 is 5.84 Å². The van der Waals surface area contributed by atoms with Crippen molar-refractivity contribution in [3.05, 3.63) is 21.9 Å². The predicted molar refractivity (Wildman–Crippen MR) is 54.9 cm³/mol. The molecule has 4 heteroatoms. The Labute approximate surface area is 83.3 Å². The Bertz CT molecular complexity index is 352. The first-order chi connectivity index (χ1) is 5.81. The maximum Gasteiger partial charge on any atom is 0.363 e. The third-order valence-corrected chi connectivity index (χ3v) is 2.40. The number of aliphatic imine (C=N–C) groups is 1. The van der Waals surface area contributed by atoms with Crippen molar-refractivity contribution < 1.29 is 9.37 Å². The summed E-state index contributed by atoms with van der Waals surface area (Å²) in [7, 11) is 0. The maximum absolute atomic E-state index is 10.5. The van der Waals surface area contributed by atoms with Gasteiger partial charge in [0.05, 0.1) is 3.58 Å². The Hall–Kier alpha value is -0.780. The normalized spacial score (nSPS) is 25.8. The topological polar surface area (TPSA) is 32.4 Å². The number of aldehydes is 1. The molecule has 2 heterocycles. The van der Waals surface area contributed by atoms with Crippen molar-refractivity contribution in [3.63, 3.8) is 0 Å². The fourth-order valence-electron chi connectivity index (χ4n) is 1.20. The van der Waals surface area contributed by atoms with E-state index in [9.17, 15) is 4.79 Å². The van der Waals surface area contributed by atoms with Crippen LogP contribution in [-0.4, -0.2) is 29.0 Å². The lowest BCUT2D eigenvalue weighted by Crippen LogP contribution is -2.23. The molecule has 0 amide bonds. The SMILES string of the molecule is O=CC1=[N+]2C=C(I)C=CC2C=N1. The van der Waals surface area contributed by atoms with Gasteiger partial charge in [-0.2, -0.15) is 0 Å². The number of carbonyl (C=O) groups is 1. The number of fused-ring (bicyclic) bond motifs is 1. The van der Waals surface area contributed by atoms with Gasteiger partial charge in [-0.3, -0.25) is 4.79 Å². The Morgan fingerprint density at radius 2 is 2.50 bits per heavy atom. The summed E-state index contributed by atoms with van der Waals surface area (Å²) in [5, 5.41) is 0. The molecule has 0 aromatic rings. The lowest BCUT2D eigenvalue weighted by molar-refractivity contribution is -0.463. The number of halogens is 1. The van der Waals surface area contributed by atoms with Crippen molar-refractivity contribution in [2.75, 3.05) is 0 Å². The Balaban J connectivity index is 2.48. The van der Waals surface area contributed by atoms with E-state index in [-0.39, 0.29) is 6.04 Å². The minimum Gasteiger partial charge on any atom is -0.289 e. The highest BCUT2D eigenvalue weighted by Crippen LogP contribution is 2.16. The molecule has 60 valence electrons. The Morgan fingerprint density at radius 3 is 3.25 bits per heavy atom. The third-order valence-electron chi connectivity index (χ3n) is 1.77. The minimum atomic E-state index is 0.142. The average molecular weight is 273 g/mol. The smallest absolute Gasteiger partial charge is 0.289 e. The van der Waals surface area contributed by atoms with Gasteiger partial charge in [0, 0.05) is 0 Å². The summed E-state index contributed by atoms with van der Waals surface area (Å²) >= 11 is 2.21. The molecule has 2 aliphatic rings. The number of carbonyl (C=O) groups excluding carboxylic acids is 1. The highest BCUT2D eigenvalue weighted by atomic mass is 127. The van der Waals surface area contributed by atoms with Gasteiger partial charge in [-0.05, 0) is 39.7 Å². The zero-order chi connectivity index (χ0) is 8.55. The molecule has 0 saturated heterocycles. The van der Waals surface area contributed by atoms with Crippen molar-refractivity contribution in [3.8, 4) is 0 Å². The fourth-order valence-corrected chi connectivity index (χ4v) is 1.70.